The van der Waals surface area contributed by atoms with Crippen LogP contribution in [-0.2, 0) is 16.0 Å². The highest BCUT2D eigenvalue weighted by atomic mass is 32.1. The summed E-state index contributed by atoms with van der Waals surface area (Å²) in [5, 5.41) is 10.7. The molecule has 0 radical (unpaired) electrons. The lowest BCUT2D eigenvalue weighted by Gasteiger charge is -2.27. The van der Waals surface area contributed by atoms with Crippen molar-refractivity contribution in [3.8, 4) is 0 Å². The number of carboxylic acids is 1. The standard InChI is InChI=1S/C13H12F3N3O3S/c14-13(15,16)12(10(21)22)1-3-18(7-12)9(20)5-8-6-23-11-17-2-4-19(8)11/h2,4,6H,1,3,5,7H2,(H,21,22). The Morgan fingerprint density at radius 2 is 2.17 bits per heavy atom. The number of aliphatic carboxylic acids is 1. The van der Waals surface area contributed by atoms with Gasteiger partial charge in [-0.15, -0.1) is 11.3 Å². The van der Waals surface area contributed by atoms with E-state index in [0.29, 0.717) is 10.7 Å². The first kappa shape index (κ1) is 15.8. The fourth-order valence-electron chi connectivity index (χ4n) is 2.72. The Morgan fingerprint density at radius 1 is 1.43 bits per heavy atom. The van der Waals surface area contributed by atoms with Crippen LogP contribution in [-0.4, -0.2) is 50.5 Å². The van der Waals surface area contributed by atoms with E-state index in [-0.39, 0.29) is 13.0 Å². The number of likely N-dealkylation sites (tertiary alicyclic amines) is 1. The van der Waals surface area contributed by atoms with Crippen molar-refractivity contribution in [2.45, 2.75) is 19.0 Å². The molecule has 6 nitrogen and oxygen atoms in total. The second-order valence-corrected chi connectivity index (χ2v) is 6.27. The molecule has 0 aliphatic carbocycles. The van der Waals surface area contributed by atoms with Crippen LogP contribution in [0.15, 0.2) is 17.8 Å². The van der Waals surface area contributed by atoms with Gasteiger partial charge in [0.15, 0.2) is 10.4 Å². The number of amides is 1. The van der Waals surface area contributed by atoms with Crippen LogP contribution in [0.2, 0.25) is 0 Å². The number of fused-ring (bicyclic) bond motifs is 1. The molecule has 1 aliphatic rings. The van der Waals surface area contributed by atoms with Gasteiger partial charge in [-0.2, -0.15) is 13.2 Å². The minimum atomic E-state index is -4.89. The average Bonchev–Trinajstić information content (AvgIpc) is 3.13. The number of halogens is 3. The number of alkyl halides is 3. The zero-order valence-electron chi connectivity index (χ0n) is 11.7. The Hall–Kier alpha value is -2.10. The van der Waals surface area contributed by atoms with Gasteiger partial charge in [-0.3, -0.25) is 14.0 Å². The summed E-state index contributed by atoms with van der Waals surface area (Å²) < 4.78 is 41.0. The Kier molecular flexibility index (Phi) is 3.58. The molecule has 0 aromatic carbocycles. The zero-order valence-corrected chi connectivity index (χ0v) is 12.5. The molecule has 124 valence electrons. The van der Waals surface area contributed by atoms with Gasteiger partial charge in [0.2, 0.25) is 5.91 Å². The van der Waals surface area contributed by atoms with Crippen molar-refractivity contribution in [3.05, 3.63) is 23.5 Å². The first-order chi connectivity index (χ1) is 10.7. The normalized spacial score (nSPS) is 22.0. The highest BCUT2D eigenvalue weighted by molar-refractivity contribution is 7.15. The summed E-state index contributed by atoms with van der Waals surface area (Å²) in [6.07, 6.45) is -2.38. The second-order valence-electron chi connectivity index (χ2n) is 5.43. The fourth-order valence-corrected chi connectivity index (χ4v) is 3.57. The predicted molar refractivity (Wildman–Crippen MR) is 74.1 cm³/mol. The van der Waals surface area contributed by atoms with E-state index < -0.39 is 36.4 Å². The van der Waals surface area contributed by atoms with Crippen molar-refractivity contribution in [1.29, 1.82) is 0 Å². The van der Waals surface area contributed by atoms with E-state index in [4.69, 9.17) is 5.11 Å². The van der Waals surface area contributed by atoms with E-state index in [0.717, 1.165) is 4.90 Å². The smallest absolute Gasteiger partial charge is 0.406 e. The van der Waals surface area contributed by atoms with Gasteiger partial charge >= 0.3 is 12.1 Å². The molecule has 2 aromatic heterocycles. The van der Waals surface area contributed by atoms with Gasteiger partial charge in [-0.05, 0) is 6.42 Å². The largest absolute Gasteiger partial charge is 0.481 e. The maximum Gasteiger partial charge on any atom is 0.406 e. The summed E-state index contributed by atoms with van der Waals surface area (Å²) in [7, 11) is 0. The Labute approximate surface area is 132 Å². The number of hydrogen-bond donors (Lipinski definition) is 1. The predicted octanol–water partition coefficient (Wildman–Crippen LogP) is 1.80. The van der Waals surface area contributed by atoms with Crippen LogP contribution < -0.4 is 0 Å². The number of carboxylic acid groups (broad SMARTS) is 1. The third kappa shape index (κ3) is 2.46. The second kappa shape index (κ2) is 5.22. The summed E-state index contributed by atoms with van der Waals surface area (Å²) in [5.74, 6) is -2.46. The molecule has 1 aliphatic heterocycles. The first-order valence-electron chi connectivity index (χ1n) is 6.72. The zero-order chi connectivity index (χ0) is 16.8. The van der Waals surface area contributed by atoms with E-state index in [1.165, 1.54) is 11.3 Å². The molecule has 3 rings (SSSR count). The van der Waals surface area contributed by atoms with Crippen LogP contribution in [0.4, 0.5) is 13.2 Å². The molecule has 2 aromatic rings. The third-order valence-corrected chi connectivity index (χ3v) is 5.03. The maximum atomic E-state index is 13.1. The van der Waals surface area contributed by atoms with Gasteiger partial charge in [0.05, 0.1) is 6.42 Å². The molecule has 0 spiro atoms. The van der Waals surface area contributed by atoms with E-state index in [2.05, 4.69) is 4.98 Å². The molecule has 1 N–H and O–H groups in total. The SMILES string of the molecule is O=C(Cc1csc2nccn12)N1CCC(C(=O)O)(C(F)(F)F)C1. The summed E-state index contributed by atoms with van der Waals surface area (Å²) >= 11 is 1.32. The lowest BCUT2D eigenvalue weighted by atomic mass is 9.86. The van der Waals surface area contributed by atoms with Crippen molar-refractivity contribution < 1.29 is 27.9 Å². The lowest BCUT2D eigenvalue weighted by molar-refractivity contribution is -0.227. The molecule has 1 saturated heterocycles. The van der Waals surface area contributed by atoms with Crippen molar-refractivity contribution in [2.24, 2.45) is 5.41 Å². The van der Waals surface area contributed by atoms with Crippen molar-refractivity contribution >= 4 is 28.2 Å². The van der Waals surface area contributed by atoms with E-state index in [1.54, 1.807) is 22.2 Å². The molecule has 0 bridgehead atoms. The Bertz CT molecular complexity index is 769. The highest BCUT2D eigenvalue weighted by Crippen LogP contribution is 2.45. The van der Waals surface area contributed by atoms with Crippen LogP contribution in [0.3, 0.4) is 0 Å². The minimum Gasteiger partial charge on any atom is -0.481 e. The molecule has 1 unspecified atom stereocenters. The lowest BCUT2D eigenvalue weighted by Crippen LogP contribution is -2.47. The van der Waals surface area contributed by atoms with Gasteiger partial charge in [0, 0.05) is 36.6 Å². The van der Waals surface area contributed by atoms with Crippen LogP contribution in [0.25, 0.3) is 4.96 Å². The first-order valence-corrected chi connectivity index (χ1v) is 7.60. The molecule has 3 heterocycles. The summed E-state index contributed by atoms with van der Waals surface area (Å²) in [6.45, 7) is -1.07. The van der Waals surface area contributed by atoms with Crippen LogP contribution in [0.5, 0.6) is 0 Å². The van der Waals surface area contributed by atoms with Gasteiger partial charge in [0.25, 0.3) is 0 Å². The van der Waals surface area contributed by atoms with Crippen LogP contribution in [0.1, 0.15) is 12.1 Å². The molecular weight excluding hydrogens is 335 g/mol. The molecule has 1 amide bonds. The van der Waals surface area contributed by atoms with Crippen LogP contribution >= 0.6 is 11.3 Å². The van der Waals surface area contributed by atoms with Gasteiger partial charge in [-0.1, -0.05) is 0 Å². The molecule has 10 heteroatoms. The number of rotatable bonds is 3. The molecule has 23 heavy (non-hydrogen) atoms. The van der Waals surface area contributed by atoms with Gasteiger partial charge in [-0.25, -0.2) is 4.98 Å². The summed E-state index contributed by atoms with van der Waals surface area (Å²) in [6, 6.07) is 0. The number of aromatic nitrogens is 2. The molecule has 1 fully saturated rings. The van der Waals surface area contributed by atoms with Gasteiger partial charge < -0.3 is 10.0 Å². The average molecular weight is 347 g/mol. The third-order valence-electron chi connectivity index (χ3n) is 4.12. The monoisotopic (exact) mass is 347 g/mol. The number of nitrogens with zero attached hydrogens (tertiary/aromatic N) is 3. The highest BCUT2D eigenvalue weighted by Gasteiger charge is 2.64. The number of thiazole rings is 1. The maximum absolute atomic E-state index is 13.1. The van der Waals surface area contributed by atoms with E-state index in [1.807, 2.05) is 0 Å². The number of carbonyl (C=O) groups is 2. The Balaban J connectivity index is 1.77. The van der Waals surface area contributed by atoms with Crippen LogP contribution in [0, 0.1) is 5.41 Å². The molecule has 0 saturated carbocycles. The van der Waals surface area contributed by atoms with Crippen molar-refractivity contribution in [1.82, 2.24) is 14.3 Å². The fraction of sp³-hybridized carbons (Fsp3) is 0.462. The summed E-state index contributed by atoms with van der Waals surface area (Å²) in [5.41, 5.74) is -2.26. The number of imidazole rings is 1. The topological polar surface area (TPSA) is 74.9 Å². The Morgan fingerprint density at radius 3 is 2.78 bits per heavy atom. The quantitative estimate of drug-likeness (QED) is 0.919. The van der Waals surface area contributed by atoms with E-state index in [9.17, 15) is 22.8 Å². The number of carbonyl (C=O) groups excluding carboxylic acids is 1. The minimum absolute atomic E-state index is 0.0933. The van der Waals surface area contributed by atoms with Crippen molar-refractivity contribution in [2.75, 3.05) is 13.1 Å². The summed E-state index contributed by atoms with van der Waals surface area (Å²) in [4.78, 5) is 29.1. The van der Waals surface area contributed by atoms with E-state index >= 15 is 0 Å². The number of hydrogen-bond acceptors (Lipinski definition) is 4. The molecule has 1 atom stereocenters. The molecular formula is C13H12F3N3O3S. The van der Waals surface area contributed by atoms with Crippen molar-refractivity contribution in [3.63, 3.8) is 0 Å². The van der Waals surface area contributed by atoms with Gasteiger partial charge in [0.1, 0.15) is 0 Å².